The number of carbonyl (C=O) groups is 2. The molecular formula is C27H33N3O13. The molecule has 0 radical (unpaired) electrons. The summed E-state index contributed by atoms with van der Waals surface area (Å²) in [6.45, 7) is -0.792. The number of aliphatic imine (C=N–C) groups is 1. The van der Waals surface area contributed by atoms with Crippen molar-refractivity contribution in [3.63, 3.8) is 0 Å². The van der Waals surface area contributed by atoms with Crippen molar-refractivity contribution in [1.82, 2.24) is 5.32 Å². The number of fused-ring (bicyclic) bond motifs is 1. The number of ether oxygens (including phenoxy) is 6. The SMILES string of the molecule is CN=C(N)NCOc1cc(C(=O)O)ccc1OC1OC2(CCc3c(cc(OC)c(O)c3OC)C(=O)OC2)C(O)C(O)C1O. The number of carboxylic acid groups (broad SMARTS) is 1. The molecule has 16 nitrogen and oxygen atoms in total. The number of carboxylic acids is 1. The van der Waals surface area contributed by atoms with E-state index in [-0.39, 0.29) is 71.0 Å². The molecule has 2 aliphatic rings. The van der Waals surface area contributed by atoms with E-state index in [2.05, 4.69) is 10.3 Å². The van der Waals surface area contributed by atoms with Gasteiger partial charge in [-0.25, -0.2) is 9.59 Å². The van der Waals surface area contributed by atoms with Gasteiger partial charge in [-0.2, -0.15) is 0 Å². The largest absolute Gasteiger partial charge is 0.502 e. The van der Waals surface area contributed by atoms with Crippen molar-refractivity contribution in [2.24, 2.45) is 10.7 Å². The highest BCUT2D eigenvalue weighted by atomic mass is 16.7. The Kier molecular flexibility index (Phi) is 9.34. The molecule has 0 amide bonds. The van der Waals surface area contributed by atoms with Crippen LogP contribution in [0.3, 0.4) is 0 Å². The summed E-state index contributed by atoms with van der Waals surface area (Å²) in [6.07, 6.45) is -7.14. The Hall–Kier alpha value is -4.51. The summed E-state index contributed by atoms with van der Waals surface area (Å²) in [5.41, 5.74) is 3.95. The van der Waals surface area contributed by atoms with E-state index in [0.29, 0.717) is 0 Å². The molecule has 0 aromatic heterocycles. The Morgan fingerprint density at radius 2 is 1.88 bits per heavy atom. The number of carbonyl (C=O) groups excluding carboxylic acids is 1. The van der Waals surface area contributed by atoms with Gasteiger partial charge in [0, 0.05) is 12.6 Å². The van der Waals surface area contributed by atoms with E-state index in [4.69, 9.17) is 34.2 Å². The van der Waals surface area contributed by atoms with Crippen LogP contribution in [0.25, 0.3) is 0 Å². The zero-order chi connectivity index (χ0) is 31.5. The number of benzene rings is 2. The van der Waals surface area contributed by atoms with Crippen molar-refractivity contribution in [3.8, 4) is 28.7 Å². The number of esters is 1. The summed E-state index contributed by atoms with van der Waals surface area (Å²) in [7, 11) is 4.04. The lowest BCUT2D eigenvalue weighted by Crippen LogP contribution is -2.67. The third-order valence-electron chi connectivity index (χ3n) is 7.21. The summed E-state index contributed by atoms with van der Waals surface area (Å²) >= 11 is 0. The third-order valence-corrected chi connectivity index (χ3v) is 7.21. The number of guanidine groups is 1. The number of methoxy groups -OCH3 is 2. The molecular weight excluding hydrogens is 574 g/mol. The summed E-state index contributed by atoms with van der Waals surface area (Å²) < 4.78 is 33.4. The van der Waals surface area contributed by atoms with Crippen molar-refractivity contribution in [1.29, 1.82) is 0 Å². The first-order chi connectivity index (χ1) is 20.5. The predicted octanol–water partition coefficient (Wildman–Crippen LogP) is -0.662. The van der Waals surface area contributed by atoms with Crippen molar-refractivity contribution in [2.75, 3.05) is 34.6 Å². The number of phenols is 1. The van der Waals surface area contributed by atoms with Crippen LogP contribution in [0.15, 0.2) is 29.3 Å². The zero-order valence-electron chi connectivity index (χ0n) is 23.5. The smallest absolute Gasteiger partial charge is 0.338 e. The van der Waals surface area contributed by atoms with Gasteiger partial charge in [0.25, 0.3) is 0 Å². The van der Waals surface area contributed by atoms with E-state index in [0.717, 1.165) is 6.07 Å². The van der Waals surface area contributed by atoms with E-state index >= 15 is 0 Å². The number of rotatable bonds is 8. The molecule has 2 aromatic carbocycles. The van der Waals surface area contributed by atoms with Crippen LogP contribution < -0.4 is 30.0 Å². The molecule has 0 saturated carbocycles. The number of aliphatic hydroxyl groups is 3. The van der Waals surface area contributed by atoms with Gasteiger partial charge in [-0.3, -0.25) is 4.99 Å². The minimum atomic E-state index is -1.83. The Morgan fingerprint density at radius 3 is 2.53 bits per heavy atom. The van der Waals surface area contributed by atoms with Crippen molar-refractivity contribution in [2.45, 2.75) is 43.0 Å². The molecule has 0 bridgehead atoms. The molecule has 2 heterocycles. The van der Waals surface area contributed by atoms with Crippen LogP contribution >= 0.6 is 0 Å². The molecule has 234 valence electrons. The van der Waals surface area contributed by atoms with Gasteiger partial charge in [-0.05, 0) is 37.1 Å². The average molecular weight is 608 g/mol. The minimum Gasteiger partial charge on any atom is -0.502 e. The fourth-order valence-corrected chi connectivity index (χ4v) is 4.84. The van der Waals surface area contributed by atoms with E-state index in [9.17, 15) is 35.1 Å². The second kappa shape index (κ2) is 12.8. The minimum absolute atomic E-state index is 0.00843. The number of hydrogen-bond acceptors (Lipinski definition) is 13. The normalized spacial score (nSPS) is 25.5. The molecule has 1 saturated heterocycles. The van der Waals surface area contributed by atoms with Crippen LogP contribution in [0.5, 0.6) is 28.7 Å². The van der Waals surface area contributed by atoms with Crippen LogP contribution in [0.1, 0.15) is 32.7 Å². The lowest BCUT2D eigenvalue weighted by molar-refractivity contribution is -0.320. The molecule has 4 rings (SSSR count). The molecule has 1 fully saturated rings. The Morgan fingerprint density at radius 1 is 1.14 bits per heavy atom. The van der Waals surface area contributed by atoms with Gasteiger partial charge >= 0.3 is 11.9 Å². The quantitative estimate of drug-likeness (QED) is 0.0852. The topological polar surface area (TPSA) is 241 Å². The first-order valence-electron chi connectivity index (χ1n) is 12.9. The summed E-state index contributed by atoms with van der Waals surface area (Å²) in [5, 5.41) is 55.3. The standard InChI is InChI=1S/C27H33N3O13/c1-29-26(28)30-11-41-16-8-12(23(35)36)4-5-15(16)42-25-20(33)19(32)22(34)27(43-25)7-6-13-14(24(37)40-10-27)9-17(38-2)18(31)21(13)39-3/h4-5,8-9,19-20,22,25,31-34H,6-7,10-11H2,1-3H3,(H,35,36)(H3,28,29,30). The van der Waals surface area contributed by atoms with E-state index < -0.39 is 48.7 Å². The fraction of sp³-hybridized carbons (Fsp3) is 0.444. The number of aromatic carboxylic acids is 1. The molecule has 5 unspecified atom stereocenters. The van der Waals surface area contributed by atoms with Gasteiger partial charge in [0.15, 0.2) is 35.7 Å². The second-order valence-electron chi connectivity index (χ2n) is 9.70. The second-order valence-corrected chi connectivity index (χ2v) is 9.70. The van der Waals surface area contributed by atoms with E-state index in [1.54, 1.807) is 0 Å². The molecule has 2 aromatic rings. The molecule has 2 aliphatic heterocycles. The number of cyclic esters (lactones) is 1. The van der Waals surface area contributed by atoms with Crippen LogP contribution in [0.2, 0.25) is 0 Å². The maximum atomic E-state index is 13.1. The van der Waals surface area contributed by atoms with E-state index in [1.165, 1.54) is 39.5 Å². The predicted molar refractivity (Wildman–Crippen MR) is 146 cm³/mol. The number of nitrogens with one attached hydrogen (secondary N) is 1. The first kappa shape index (κ1) is 31.4. The first-order valence-corrected chi connectivity index (χ1v) is 12.9. The number of aliphatic hydroxyl groups excluding tert-OH is 3. The summed E-state index contributed by atoms with van der Waals surface area (Å²) in [4.78, 5) is 28.3. The van der Waals surface area contributed by atoms with Crippen LogP contribution in [-0.4, -0.2) is 108 Å². The highest BCUT2D eigenvalue weighted by molar-refractivity contribution is 5.93. The average Bonchev–Trinajstić information content (AvgIpc) is 2.99. The maximum absolute atomic E-state index is 13.1. The zero-order valence-corrected chi connectivity index (χ0v) is 23.5. The van der Waals surface area contributed by atoms with Crippen molar-refractivity contribution in [3.05, 3.63) is 41.0 Å². The van der Waals surface area contributed by atoms with Crippen LogP contribution in [0, 0.1) is 0 Å². The lowest BCUT2D eigenvalue weighted by atomic mass is 9.81. The molecule has 16 heteroatoms. The molecule has 43 heavy (non-hydrogen) atoms. The monoisotopic (exact) mass is 607 g/mol. The molecule has 5 atom stereocenters. The van der Waals surface area contributed by atoms with Crippen molar-refractivity contribution >= 4 is 17.9 Å². The maximum Gasteiger partial charge on any atom is 0.338 e. The van der Waals surface area contributed by atoms with E-state index in [1.807, 2.05) is 0 Å². The van der Waals surface area contributed by atoms with Crippen LogP contribution in [0.4, 0.5) is 0 Å². The van der Waals surface area contributed by atoms with Gasteiger partial charge in [0.2, 0.25) is 12.0 Å². The summed E-state index contributed by atoms with van der Waals surface area (Å²) in [6, 6.07) is 4.94. The Bertz CT molecular complexity index is 1400. The molecule has 8 N–H and O–H groups in total. The van der Waals surface area contributed by atoms with Crippen LogP contribution in [-0.2, 0) is 15.9 Å². The van der Waals surface area contributed by atoms with Gasteiger partial charge in [0.05, 0.1) is 25.3 Å². The number of hydrogen-bond donors (Lipinski definition) is 7. The van der Waals surface area contributed by atoms with Gasteiger partial charge < -0.3 is 65.0 Å². The Balaban J connectivity index is 1.66. The van der Waals surface area contributed by atoms with Crippen molar-refractivity contribution < 1.29 is 63.5 Å². The highest BCUT2D eigenvalue weighted by Crippen LogP contribution is 2.45. The number of nitrogens with zero attached hydrogens (tertiary/aromatic N) is 1. The lowest BCUT2D eigenvalue weighted by Gasteiger charge is -2.48. The third kappa shape index (κ3) is 6.17. The number of aromatic hydroxyl groups is 1. The van der Waals surface area contributed by atoms with Gasteiger partial charge in [-0.15, -0.1) is 0 Å². The van der Waals surface area contributed by atoms with Gasteiger partial charge in [0.1, 0.15) is 30.5 Å². The Labute approximate surface area is 245 Å². The van der Waals surface area contributed by atoms with Gasteiger partial charge in [-0.1, -0.05) is 0 Å². The molecule has 0 aliphatic carbocycles. The molecule has 1 spiro atoms. The summed E-state index contributed by atoms with van der Waals surface area (Å²) in [5.74, 6) is -2.65. The number of phenolic OH excluding ortho intramolecular Hbond substituents is 1. The fourth-order valence-electron chi connectivity index (χ4n) is 4.84. The highest BCUT2D eigenvalue weighted by Gasteiger charge is 2.56. The number of nitrogens with two attached hydrogens (primary N) is 1.